The van der Waals surface area contributed by atoms with Crippen LogP contribution in [0.15, 0.2) is 18.2 Å². The van der Waals surface area contributed by atoms with E-state index in [2.05, 4.69) is 0 Å². The van der Waals surface area contributed by atoms with Crippen molar-refractivity contribution < 1.29 is 19.7 Å². The van der Waals surface area contributed by atoms with Crippen LogP contribution in [-0.2, 0) is 11.2 Å². The fraction of sp³-hybridized carbons (Fsp3) is 0.625. The van der Waals surface area contributed by atoms with Crippen molar-refractivity contribution >= 4 is 0 Å². The summed E-state index contributed by atoms with van der Waals surface area (Å²) in [4.78, 5) is 0. The summed E-state index contributed by atoms with van der Waals surface area (Å²) in [6.45, 7) is 4.35. The Bertz CT molecular complexity index is 430. The molecule has 1 aromatic carbocycles. The van der Waals surface area contributed by atoms with Crippen molar-refractivity contribution in [3.05, 3.63) is 29.3 Å². The van der Waals surface area contributed by atoms with Gasteiger partial charge in [0.1, 0.15) is 18.5 Å². The fourth-order valence-electron chi connectivity index (χ4n) is 2.46. The molecule has 0 bridgehead atoms. The second kappa shape index (κ2) is 7.07. The average molecular weight is 280 g/mol. The maximum atomic E-state index is 9.98. The first-order valence-electron chi connectivity index (χ1n) is 7.30. The molecule has 112 valence electrons. The van der Waals surface area contributed by atoms with Gasteiger partial charge in [-0.25, -0.2) is 0 Å². The van der Waals surface area contributed by atoms with E-state index in [1.165, 1.54) is 0 Å². The minimum atomic E-state index is -0.637. The Morgan fingerprint density at radius 1 is 1.30 bits per heavy atom. The molecule has 0 heterocycles. The monoisotopic (exact) mass is 280 g/mol. The predicted molar refractivity (Wildman–Crippen MR) is 76.9 cm³/mol. The number of benzene rings is 1. The molecule has 0 aromatic heterocycles. The molecule has 0 saturated heterocycles. The SMILES string of the molecule is CC(C)OCC(O)COc1cccc2c1CCCC2O. The van der Waals surface area contributed by atoms with Crippen LogP contribution in [0.1, 0.15) is 43.9 Å². The lowest BCUT2D eigenvalue weighted by Gasteiger charge is -2.24. The van der Waals surface area contributed by atoms with Crippen molar-refractivity contribution in [2.75, 3.05) is 13.2 Å². The zero-order valence-electron chi connectivity index (χ0n) is 12.2. The molecule has 0 radical (unpaired) electrons. The summed E-state index contributed by atoms with van der Waals surface area (Å²) in [6.07, 6.45) is 1.76. The van der Waals surface area contributed by atoms with E-state index in [-0.39, 0.29) is 19.3 Å². The van der Waals surface area contributed by atoms with Crippen molar-refractivity contribution in [3.63, 3.8) is 0 Å². The van der Waals surface area contributed by atoms with Crippen LogP contribution in [0.3, 0.4) is 0 Å². The van der Waals surface area contributed by atoms with Crippen molar-refractivity contribution in [2.45, 2.75) is 51.4 Å². The molecule has 1 aromatic rings. The first-order valence-corrected chi connectivity index (χ1v) is 7.30. The topological polar surface area (TPSA) is 58.9 Å². The third-order valence-electron chi connectivity index (χ3n) is 3.49. The summed E-state index contributed by atoms with van der Waals surface area (Å²) in [6, 6.07) is 5.73. The summed E-state index contributed by atoms with van der Waals surface area (Å²) >= 11 is 0. The molecular weight excluding hydrogens is 256 g/mol. The van der Waals surface area contributed by atoms with Gasteiger partial charge in [0.05, 0.1) is 18.8 Å². The van der Waals surface area contributed by atoms with Crippen LogP contribution >= 0.6 is 0 Å². The maximum absolute atomic E-state index is 9.98. The number of aliphatic hydroxyl groups excluding tert-OH is 2. The van der Waals surface area contributed by atoms with Crippen LogP contribution in [0.2, 0.25) is 0 Å². The van der Waals surface area contributed by atoms with E-state index < -0.39 is 12.2 Å². The van der Waals surface area contributed by atoms with E-state index in [0.29, 0.717) is 0 Å². The average Bonchev–Trinajstić information content (AvgIpc) is 2.43. The summed E-state index contributed by atoms with van der Waals surface area (Å²) in [5.41, 5.74) is 2.03. The first kappa shape index (κ1) is 15.3. The number of hydrogen-bond acceptors (Lipinski definition) is 4. The lowest BCUT2D eigenvalue weighted by atomic mass is 9.89. The van der Waals surface area contributed by atoms with Crippen molar-refractivity contribution in [2.24, 2.45) is 0 Å². The van der Waals surface area contributed by atoms with Gasteiger partial charge < -0.3 is 19.7 Å². The molecule has 0 fully saturated rings. The Hall–Kier alpha value is -1.10. The number of hydrogen-bond donors (Lipinski definition) is 2. The summed E-state index contributed by atoms with van der Waals surface area (Å²) in [5, 5.41) is 19.8. The van der Waals surface area contributed by atoms with Crippen LogP contribution in [0.25, 0.3) is 0 Å². The minimum Gasteiger partial charge on any atom is -0.491 e. The quantitative estimate of drug-likeness (QED) is 0.839. The van der Waals surface area contributed by atoms with Crippen molar-refractivity contribution in [1.82, 2.24) is 0 Å². The molecule has 1 aliphatic rings. The fourth-order valence-corrected chi connectivity index (χ4v) is 2.46. The molecule has 0 spiro atoms. The zero-order valence-corrected chi connectivity index (χ0v) is 12.2. The van der Waals surface area contributed by atoms with Gasteiger partial charge in [-0.15, -0.1) is 0 Å². The highest BCUT2D eigenvalue weighted by Crippen LogP contribution is 2.35. The Morgan fingerprint density at radius 3 is 2.85 bits per heavy atom. The molecule has 2 atom stereocenters. The Labute approximate surface area is 120 Å². The van der Waals surface area contributed by atoms with Gasteiger partial charge in [-0.2, -0.15) is 0 Å². The van der Waals surface area contributed by atoms with E-state index in [1.807, 2.05) is 32.0 Å². The van der Waals surface area contributed by atoms with Crippen LogP contribution in [-0.4, -0.2) is 35.6 Å². The molecule has 2 rings (SSSR count). The normalized spacial score (nSPS) is 19.8. The van der Waals surface area contributed by atoms with Crippen LogP contribution in [0.5, 0.6) is 5.75 Å². The molecule has 0 amide bonds. The largest absolute Gasteiger partial charge is 0.491 e. The number of fused-ring (bicyclic) bond motifs is 1. The molecule has 0 aliphatic heterocycles. The van der Waals surface area contributed by atoms with Gasteiger partial charge in [-0.1, -0.05) is 12.1 Å². The van der Waals surface area contributed by atoms with Crippen LogP contribution in [0, 0.1) is 0 Å². The standard InChI is InChI=1S/C16H24O4/c1-11(2)19-9-12(17)10-20-16-8-4-5-13-14(16)6-3-7-15(13)18/h4-5,8,11-12,15,17-18H,3,6-7,9-10H2,1-2H3. The first-order chi connectivity index (χ1) is 9.58. The Balaban J connectivity index is 1.95. The van der Waals surface area contributed by atoms with Crippen molar-refractivity contribution in [1.29, 1.82) is 0 Å². The molecular formula is C16H24O4. The van der Waals surface area contributed by atoms with Gasteiger partial charge >= 0.3 is 0 Å². The molecule has 4 heteroatoms. The van der Waals surface area contributed by atoms with Crippen LogP contribution < -0.4 is 4.74 Å². The molecule has 4 nitrogen and oxygen atoms in total. The van der Waals surface area contributed by atoms with E-state index in [0.717, 1.165) is 36.1 Å². The highest BCUT2D eigenvalue weighted by Gasteiger charge is 2.21. The molecule has 20 heavy (non-hydrogen) atoms. The number of ether oxygens (including phenoxy) is 2. The molecule has 0 saturated carbocycles. The van der Waals surface area contributed by atoms with E-state index in [9.17, 15) is 10.2 Å². The van der Waals surface area contributed by atoms with E-state index in [4.69, 9.17) is 9.47 Å². The Kier molecular flexibility index (Phi) is 5.40. The van der Waals surface area contributed by atoms with Gasteiger partial charge in [-0.3, -0.25) is 0 Å². The van der Waals surface area contributed by atoms with Gasteiger partial charge in [0.25, 0.3) is 0 Å². The number of rotatable bonds is 6. The third kappa shape index (κ3) is 3.95. The van der Waals surface area contributed by atoms with E-state index >= 15 is 0 Å². The number of aliphatic hydroxyl groups is 2. The van der Waals surface area contributed by atoms with Gasteiger partial charge in [0, 0.05) is 0 Å². The minimum absolute atomic E-state index is 0.101. The lowest BCUT2D eigenvalue weighted by molar-refractivity contribution is -0.0124. The second-order valence-corrected chi connectivity index (χ2v) is 5.58. The van der Waals surface area contributed by atoms with Gasteiger partial charge in [0.2, 0.25) is 0 Å². The van der Waals surface area contributed by atoms with Gasteiger partial charge in [0.15, 0.2) is 0 Å². The second-order valence-electron chi connectivity index (χ2n) is 5.58. The van der Waals surface area contributed by atoms with Gasteiger partial charge in [-0.05, 0) is 50.3 Å². The molecule has 2 N–H and O–H groups in total. The predicted octanol–water partition coefficient (Wildman–Crippen LogP) is 2.22. The zero-order chi connectivity index (χ0) is 14.5. The smallest absolute Gasteiger partial charge is 0.122 e. The van der Waals surface area contributed by atoms with E-state index in [1.54, 1.807) is 0 Å². The summed E-state index contributed by atoms with van der Waals surface area (Å²) in [5.74, 6) is 0.768. The molecule has 2 unspecified atom stereocenters. The molecule has 1 aliphatic carbocycles. The highest BCUT2D eigenvalue weighted by molar-refractivity contribution is 5.42. The highest BCUT2D eigenvalue weighted by atomic mass is 16.5. The Morgan fingerprint density at radius 2 is 2.10 bits per heavy atom. The van der Waals surface area contributed by atoms with Crippen molar-refractivity contribution in [3.8, 4) is 5.75 Å². The lowest BCUT2D eigenvalue weighted by Crippen LogP contribution is -2.25. The summed E-state index contributed by atoms with van der Waals surface area (Å²) in [7, 11) is 0. The maximum Gasteiger partial charge on any atom is 0.122 e. The van der Waals surface area contributed by atoms with Crippen LogP contribution in [0.4, 0.5) is 0 Å². The third-order valence-corrected chi connectivity index (χ3v) is 3.49. The summed E-state index contributed by atoms with van der Waals surface area (Å²) < 4.78 is 11.1.